The van der Waals surface area contributed by atoms with Crippen molar-refractivity contribution >= 4 is 33.5 Å². The Bertz CT molecular complexity index is 813. The van der Waals surface area contributed by atoms with Crippen LogP contribution in [-0.2, 0) is 14.8 Å². The van der Waals surface area contributed by atoms with Gasteiger partial charge in [-0.3, -0.25) is 0 Å². The van der Waals surface area contributed by atoms with Crippen molar-refractivity contribution < 1.29 is 17.7 Å². The fourth-order valence-electron chi connectivity index (χ4n) is 3.04. The molecule has 1 fully saturated rings. The largest absolute Gasteiger partial charge is 0.384 e. The van der Waals surface area contributed by atoms with Crippen LogP contribution >= 0.6 is 12.4 Å². The fraction of sp³-hybridized carbons (Fsp3) is 0.600. The Hall–Kier alpha value is -1.26. The number of piperidine rings is 1. The van der Waals surface area contributed by atoms with E-state index in [4.69, 9.17) is 9.26 Å². The zero-order chi connectivity index (χ0) is 17.2. The highest BCUT2D eigenvalue weighted by molar-refractivity contribution is 7.89. The molecule has 0 radical (unpaired) electrons. The van der Waals surface area contributed by atoms with Crippen molar-refractivity contribution in [2.45, 2.75) is 24.7 Å². The van der Waals surface area contributed by atoms with E-state index < -0.39 is 10.0 Å². The van der Waals surface area contributed by atoms with Gasteiger partial charge in [0.05, 0.1) is 23.9 Å². The van der Waals surface area contributed by atoms with Crippen LogP contribution < -0.4 is 10.0 Å². The summed E-state index contributed by atoms with van der Waals surface area (Å²) in [7, 11) is -2.02. The van der Waals surface area contributed by atoms with Gasteiger partial charge in [0.1, 0.15) is 4.90 Å². The molecule has 0 amide bonds. The average molecular weight is 391 g/mol. The van der Waals surface area contributed by atoms with Gasteiger partial charge in [0.15, 0.2) is 0 Å². The van der Waals surface area contributed by atoms with E-state index >= 15 is 0 Å². The Morgan fingerprint density at radius 1 is 1.40 bits per heavy atom. The second-order valence-electron chi connectivity index (χ2n) is 6.30. The first kappa shape index (κ1) is 20.1. The van der Waals surface area contributed by atoms with Gasteiger partial charge in [-0.15, -0.1) is 12.4 Å². The molecule has 0 saturated carbocycles. The molecule has 140 valence electrons. The van der Waals surface area contributed by atoms with Crippen LogP contribution in [0.3, 0.4) is 0 Å². The SMILES string of the molecule is COCC1(CNS(=O)(=O)c2cnc3onc(C)c3c2)CCNCC1.Cl. The summed E-state index contributed by atoms with van der Waals surface area (Å²) in [6, 6.07) is 1.54. The maximum absolute atomic E-state index is 12.6. The lowest BCUT2D eigenvalue weighted by atomic mass is 9.80. The van der Waals surface area contributed by atoms with Gasteiger partial charge in [0, 0.05) is 19.1 Å². The number of hydrogen-bond acceptors (Lipinski definition) is 7. The summed E-state index contributed by atoms with van der Waals surface area (Å²) in [5.74, 6) is 0. The third-order valence-corrected chi connectivity index (χ3v) is 5.92. The van der Waals surface area contributed by atoms with Crippen LogP contribution in [0, 0.1) is 12.3 Å². The summed E-state index contributed by atoms with van der Waals surface area (Å²) in [6.07, 6.45) is 3.03. The Balaban J connectivity index is 0.00000225. The molecule has 3 heterocycles. The van der Waals surface area contributed by atoms with Gasteiger partial charge in [0.25, 0.3) is 5.71 Å². The van der Waals surface area contributed by atoms with Gasteiger partial charge in [-0.1, -0.05) is 5.16 Å². The predicted octanol–water partition coefficient (Wildman–Crippen LogP) is 1.25. The van der Waals surface area contributed by atoms with E-state index in [-0.39, 0.29) is 22.7 Å². The summed E-state index contributed by atoms with van der Waals surface area (Å²) in [5, 5.41) is 7.69. The van der Waals surface area contributed by atoms with Crippen molar-refractivity contribution in [1.82, 2.24) is 20.2 Å². The lowest BCUT2D eigenvalue weighted by molar-refractivity contribution is 0.0577. The van der Waals surface area contributed by atoms with Gasteiger partial charge < -0.3 is 14.6 Å². The van der Waals surface area contributed by atoms with Gasteiger partial charge >= 0.3 is 0 Å². The maximum atomic E-state index is 12.6. The molecular weight excluding hydrogens is 368 g/mol. The minimum Gasteiger partial charge on any atom is -0.384 e. The molecule has 1 aliphatic heterocycles. The first-order valence-electron chi connectivity index (χ1n) is 7.87. The highest BCUT2D eigenvalue weighted by atomic mass is 35.5. The van der Waals surface area contributed by atoms with Crippen LogP contribution in [0.15, 0.2) is 21.7 Å². The number of aryl methyl sites for hydroxylation is 1. The van der Waals surface area contributed by atoms with Crippen LogP contribution in [0.5, 0.6) is 0 Å². The number of ether oxygens (including phenoxy) is 1. The van der Waals surface area contributed by atoms with Crippen molar-refractivity contribution in [1.29, 1.82) is 0 Å². The third kappa shape index (κ3) is 4.29. The number of sulfonamides is 1. The number of methoxy groups -OCH3 is 1. The van der Waals surface area contributed by atoms with Crippen molar-refractivity contribution in [3.63, 3.8) is 0 Å². The summed E-state index contributed by atoms with van der Waals surface area (Å²) in [5.41, 5.74) is 0.766. The molecule has 2 N–H and O–H groups in total. The van der Waals surface area contributed by atoms with E-state index in [2.05, 4.69) is 20.2 Å². The first-order chi connectivity index (χ1) is 11.5. The predicted molar refractivity (Wildman–Crippen MR) is 95.4 cm³/mol. The topological polar surface area (TPSA) is 106 Å². The van der Waals surface area contributed by atoms with Crippen LogP contribution in [-0.4, -0.2) is 51.9 Å². The molecule has 0 spiro atoms. The van der Waals surface area contributed by atoms with E-state index in [1.54, 1.807) is 20.1 Å². The Labute approximate surface area is 153 Å². The molecule has 3 rings (SSSR count). The number of pyridine rings is 1. The standard InChI is InChI=1S/C15H22N4O4S.ClH/c1-11-13-7-12(8-17-14(13)23-19-11)24(20,21)18-9-15(10-22-2)3-5-16-6-4-15;/h7-8,16,18H,3-6,9-10H2,1-2H3;1H. The number of nitrogens with one attached hydrogen (secondary N) is 2. The molecule has 1 saturated heterocycles. The van der Waals surface area contributed by atoms with Crippen molar-refractivity contribution in [3.05, 3.63) is 18.0 Å². The molecule has 8 nitrogen and oxygen atoms in total. The molecule has 25 heavy (non-hydrogen) atoms. The second kappa shape index (κ2) is 7.96. The van der Waals surface area contributed by atoms with Crippen molar-refractivity contribution in [2.24, 2.45) is 5.41 Å². The zero-order valence-corrected chi connectivity index (χ0v) is 15.9. The Kier molecular flexibility index (Phi) is 6.39. The lowest BCUT2D eigenvalue weighted by Crippen LogP contribution is -2.47. The Morgan fingerprint density at radius 3 is 2.80 bits per heavy atom. The van der Waals surface area contributed by atoms with E-state index in [0.717, 1.165) is 25.9 Å². The van der Waals surface area contributed by atoms with Gasteiger partial charge in [0.2, 0.25) is 10.0 Å². The molecular formula is C15H23ClN4O4S. The molecule has 1 aliphatic rings. The van der Waals surface area contributed by atoms with Crippen molar-refractivity contribution in [2.75, 3.05) is 33.4 Å². The number of halogens is 1. The molecule has 0 bridgehead atoms. The van der Waals surface area contributed by atoms with E-state index in [9.17, 15) is 8.42 Å². The van der Waals surface area contributed by atoms with Crippen LogP contribution in [0.1, 0.15) is 18.5 Å². The highest BCUT2D eigenvalue weighted by Gasteiger charge is 2.33. The molecule has 2 aromatic heterocycles. The molecule has 2 aromatic rings. The van der Waals surface area contributed by atoms with Crippen LogP contribution in [0.4, 0.5) is 0 Å². The highest BCUT2D eigenvalue weighted by Crippen LogP contribution is 2.29. The maximum Gasteiger partial charge on any atom is 0.257 e. The van der Waals surface area contributed by atoms with E-state index in [1.165, 1.54) is 6.20 Å². The minimum absolute atomic E-state index is 0. The molecule has 0 atom stereocenters. The number of rotatable bonds is 6. The molecule has 0 aliphatic carbocycles. The van der Waals surface area contributed by atoms with E-state index in [1.807, 2.05) is 0 Å². The van der Waals surface area contributed by atoms with Gasteiger partial charge in [-0.25, -0.2) is 18.1 Å². The number of hydrogen-bond donors (Lipinski definition) is 2. The van der Waals surface area contributed by atoms with Gasteiger partial charge in [-0.05, 0) is 38.9 Å². The fourth-order valence-corrected chi connectivity index (χ4v) is 4.17. The third-order valence-electron chi connectivity index (χ3n) is 4.55. The molecule has 0 aromatic carbocycles. The minimum atomic E-state index is -3.66. The molecule has 0 unspecified atom stereocenters. The summed E-state index contributed by atoms with van der Waals surface area (Å²) in [4.78, 5) is 4.15. The quantitative estimate of drug-likeness (QED) is 0.764. The average Bonchev–Trinajstić information content (AvgIpc) is 2.95. The normalized spacial score (nSPS) is 17.4. The van der Waals surface area contributed by atoms with Crippen molar-refractivity contribution in [3.8, 4) is 0 Å². The monoisotopic (exact) mass is 390 g/mol. The van der Waals surface area contributed by atoms with Crippen LogP contribution in [0.25, 0.3) is 11.1 Å². The molecule has 10 heteroatoms. The second-order valence-corrected chi connectivity index (χ2v) is 8.07. The zero-order valence-electron chi connectivity index (χ0n) is 14.2. The summed E-state index contributed by atoms with van der Waals surface area (Å²) < 4.78 is 38.3. The smallest absolute Gasteiger partial charge is 0.257 e. The lowest BCUT2D eigenvalue weighted by Gasteiger charge is -2.37. The van der Waals surface area contributed by atoms with E-state index in [0.29, 0.717) is 29.9 Å². The summed E-state index contributed by atoms with van der Waals surface area (Å²) >= 11 is 0. The number of nitrogens with zero attached hydrogens (tertiary/aromatic N) is 2. The number of aromatic nitrogens is 2. The van der Waals surface area contributed by atoms with Gasteiger partial charge in [-0.2, -0.15) is 0 Å². The number of fused-ring (bicyclic) bond motifs is 1. The first-order valence-corrected chi connectivity index (χ1v) is 9.35. The van der Waals surface area contributed by atoms with Crippen LogP contribution in [0.2, 0.25) is 0 Å². The summed E-state index contributed by atoms with van der Waals surface area (Å²) in [6.45, 7) is 4.33. The Morgan fingerprint density at radius 2 is 2.12 bits per heavy atom.